The first-order chi connectivity index (χ1) is 7.31. The molecule has 0 aromatic rings. The van der Waals surface area contributed by atoms with Gasteiger partial charge in [0.15, 0.2) is 0 Å². The van der Waals surface area contributed by atoms with Crippen LogP contribution in [0.1, 0.15) is 6.42 Å². The van der Waals surface area contributed by atoms with Crippen molar-refractivity contribution < 1.29 is 40.2 Å². The molecule has 8 nitrogen and oxygen atoms in total. The molecule has 94 valence electrons. The highest BCUT2D eigenvalue weighted by atomic mass is 16.7. The first kappa shape index (κ1) is 13.3. The van der Waals surface area contributed by atoms with Gasteiger partial charge < -0.3 is 35.4 Å². The van der Waals surface area contributed by atoms with Gasteiger partial charge in [-0.1, -0.05) is 0 Å². The predicted octanol–water partition coefficient (Wildman–Crippen LogP) is -3.38. The maximum absolute atomic E-state index is 10.7. The molecule has 0 aromatic heterocycles. The van der Waals surface area contributed by atoms with E-state index in [-0.39, 0.29) is 0 Å². The highest BCUT2D eigenvalue weighted by Gasteiger charge is 2.52. The summed E-state index contributed by atoms with van der Waals surface area (Å²) < 4.78 is 4.61. The number of hydrogen-bond acceptors (Lipinski definition) is 7. The molecule has 0 saturated carbocycles. The highest BCUT2D eigenvalue weighted by molar-refractivity contribution is 5.75. The topological polar surface area (TPSA) is 148 Å². The van der Waals surface area contributed by atoms with Gasteiger partial charge in [0.2, 0.25) is 0 Å². The van der Waals surface area contributed by atoms with Crippen molar-refractivity contribution in [1.29, 1.82) is 0 Å². The lowest BCUT2D eigenvalue weighted by atomic mass is 9.93. The molecule has 0 bridgehead atoms. The summed E-state index contributed by atoms with van der Waals surface area (Å²) in [5.74, 6) is -4.42. The van der Waals surface area contributed by atoms with Gasteiger partial charge in [-0.25, -0.2) is 4.79 Å². The van der Waals surface area contributed by atoms with Gasteiger partial charge in [-0.05, 0) is 0 Å². The van der Waals surface area contributed by atoms with E-state index in [1.54, 1.807) is 0 Å². The number of hydrogen-bond donors (Lipinski definition) is 6. The number of ether oxygens (including phenoxy) is 1. The van der Waals surface area contributed by atoms with Crippen LogP contribution in [0, 0.1) is 0 Å². The molecule has 0 aliphatic carbocycles. The predicted molar refractivity (Wildman–Crippen MR) is 47.2 cm³/mol. The Balaban J connectivity index is 2.89. The van der Waals surface area contributed by atoms with Crippen molar-refractivity contribution >= 4 is 5.97 Å². The fourth-order valence-electron chi connectivity index (χ4n) is 1.51. The second kappa shape index (κ2) is 4.62. The maximum atomic E-state index is 10.7. The molecule has 1 saturated heterocycles. The van der Waals surface area contributed by atoms with Crippen molar-refractivity contribution in [2.24, 2.45) is 0 Å². The largest absolute Gasteiger partial charge is 0.477 e. The lowest BCUT2D eigenvalue weighted by Crippen LogP contribution is -2.61. The summed E-state index contributed by atoms with van der Waals surface area (Å²) in [4.78, 5) is 10.7. The van der Waals surface area contributed by atoms with Crippen LogP contribution in [0.15, 0.2) is 0 Å². The summed E-state index contributed by atoms with van der Waals surface area (Å²) in [6, 6.07) is 0. The quantitative estimate of drug-likeness (QED) is 0.298. The zero-order valence-corrected chi connectivity index (χ0v) is 8.22. The fourth-order valence-corrected chi connectivity index (χ4v) is 1.51. The normalized spacial score (nSPS) is 41.7. The van der Waals surface area contributed by atoms with Gasteiger partial charge in [-0.3, -0.25) is 0 Å². The second-order valence-corrected chi connectivity index (χ2v) is 3.68. The van der Waals surface area contributed by atoms with Gasteiger partial charge in [0.25, 0.3) is 5.79 Å². The van der Waals surface area contributed by atoms with Crippen LogP contribution in [-0.4, -0.2) is 73.4 Å². The van der Waals surface area contributed by atoms with Crippen LogP contribution in [0.2, 0.25) is 0 Å². The highest BCUT2D eigenvalue weighted by Crippen LogP contribution is 2.29. The van der Waals surface area contributed by atoms with E-state index in [2.05, 4.69) is 4.74 Å². The summed E-state index contributed by atoms with van der Waals surface area (Å²) in [5, 5.41) is 54.7. The molecule has 8 heteroatoms. The van der Waals surface area contributed by atoms with E-state index in [4.69, 9.17) is 10.2 Å². The van der Waals surface area contributed by atoms with E-state index >= 15 is 0 Å². The van der Waals surface area contributed by atoms with Crippen molar-refractivity contribution in [2.45, 2.75) is 36.6 Å². The SMILES string of the molecule is O=C(O)[C@@]1(O)C[C@H](O)[C@@H](O)[C@@H]([C@H](O)CO)O1. The number of carboxylic acids is 1. The minimum Gasteiger partial charge on any atom is -0.477 e. The molecule has 0 radical (unpaired) electrons. The number of aliphatic hydroxyl groups excluding tert-OH is 4. The Labute approximate surface area is 90.3 Å². The molecule has 0 amide bonds. The monoisotopic (exact) mass is 238 g/mol. The van der Waals surface area contributed by atoms with Gasteiger partial charge in [-0.2, -0.15) is 0 Å². The summed E-state index contributed by atoms with van der Waals surface area (Å²) in [7, 11) is 0. The molecular weight excluding hydrogens is 224 g/mol. The van der Waals surface area contributed by atoms with Crippen molar-refractivity contribution in [3.05, 3.63) is 0 Å². The third kappa shape index (κ3) is 2.32. The molecule has 6 N–H and O–H groups in total. The molecule has 16 heavy (non-hydrogen) atoms. The maximum Gasteiger partial charge on any atom is 0.364 e. The first-order valence-electron chi connectivity index (χ1n) is 4.60. The van der Waals surface area contributed by atoms with Crippen LogP contribution in [0.25, 0.3) is 0 Å². The second-order valence-electron chi connectivity index (χ2n) is 3.68. The van der Waals surface area contributed by atoms with E-state index < -0.39 is 49.2 Å². The third-order valence-electron chi connectivity index (χ3n) is 2.45. The number of rotatable bonds is 3. The molecule has 0 spiro atoms. The van der Waals surface area contributed by atoms with Crippen LogP contribution in [0.4, 0.5) is 0 Å². The van der Waals surface area contributed by atoms with Crippen molar-refractivity contribution in [2.75, 3.05) is 6.61 Å². The number of aliphatic carboxylic acids is 1. The lowest BCUT2D eigenvalue weighted by molar-refractivity contribution is -0.308. The molecule has 5 atom stereocenters. The van der Waals surface area contributed by atoms with Crippen LogP contribution in [0.5, 0.6) is 0 Å². The lowest BCUT2D eigenvalue weighted by Gasteiger charge is -2.41. The van der Waals surface area contributed by atoms with E-state index in [9.17, 15) is 25.2 Å². The number of carbonyl (C=O) groups is 1. The number of carboxylic acid groups (broad SMARTS) is 1. The Hall–Kier alpha value is -0.770. The zero-order valence-electron chi connectivity index (χ0n) is 8.22. The molecule has 1 rings (SSSR count). The van der Waals surface area contributed by atoms with E-state index in [1.807, 2.05) is 0 Å². The van der Waals surface area contributed by atoms with Gasteiger partial charge in [-0.15, -0.1) is 0 Å². The smallest absolute Gasteiger partial charge is 0.364 e. The Bertz CT molecular complexity index is 269. The number of aliphatic hydroxyl groups is 5. The average Bonchev–Trinajstić information content (AvgIpc) is 2.22. The summed E-state index contributed by atoms with van der Waals surface area (Å²) in [6.45, 7) is -0.801. The van der Waals surface area contributed by atoms with Crippen LogP contribution >= 0.6 is 0 Å². The summed E-state index contributed by atoms with van der Waals surface area (Å²) in [5.41, 5.74) is 0. The molecule has 1 aliphatic rings. The van der Waals surface area contributed by atoms with E-state index in [0.717, 1.165) is 0 Å². The Morgan fingerprint density at radius 1 is 1.50 bits per heavy atom. The van der Waals surface area contributed by atoms with Gasteiger partial charge in [0, 0.05) is 6.42 Å². The molecule has 1 heterocycles. The average molecular weight is 238 g/mol. The third-order valence-corrected chi connectivity index (χ3v) is 2.45. The Kier molecular flexibility index (Phi) is 3.84. The molecule has 1 fully saturated rings. The van der Waals surface area contributed by atoms with Gasteiger partial charge >= 0.3 is 5.97 Å². The molecule has 1 aliphatic heterocycles. The van der Waals surface area contributed by atoms with Gasteiger partial charge in [0.05, 0.1) is 12.7 Å². The van der Waals surface area contributed by atoms with E-state index in [0.29, 0.717) is 0 Å². The summed E-state index contributed by atoms with van der Waals surface area (Å²) >= 11 is 0. The minimum atomic E-state index is -2.68. The Morgan fingerprint density at radius 3 is 2.50 bits per heavy atom. The minimum absolute atomic E-state index is 0.724. The zero-order chi connectivity index (χ0) is 12.5. The molecule has 0 aromatic carbocycles. The van der Waals surface area contributed by atoms with Crippen molar-refractivity contribution in [1.82, 2.24) is 0 Å². The van der Waals surface area contributed by atoms with Crippen molar-refractivity contribution in [3.8, 4) is 0 Å². The molecule has 0 unspecified atom stereocenters. The standard InChI is InChI=1S/C8H14O8/c9-2-4(11)6-5(12)3(10)1-8(15,16-6)7(13)14/h3-6,9-12,15H,1-2H2,(H,13,14)/t3-,4+,5+,6+,8+/m0/s1. The summed E-state index contributed by atoms with van der Waals surface area (Å²) in [6.07, 6.45) is -7.05. The van der Waals surface area contributed by atoms with Gasteiger partial charge in [0.1, 0.15) is 18.3 Å². The first-order valence-corrected chi connectivity index (χ1v) is 4.60. The van der Waals surface area contributed by atoms with Crippen LogP contribution in [0.3, 0.4) is 0 Å². The van der Waals surface area contributed by atoms with E-state index in [1.165, 1.54) is 0 Å². The molecular formula is C8H14O8. The fraction of sp³-hybridized carbons (Fsp3) is 0.875. The Morgan fingerprint density at radius 2 is 2.06 bits per heavy atom. The van der Waals surface area contributed by atoms with Crippen LogP contribution < -0.4 is 0 Å². The van der Waals surface area contributed by atoms with Crippen molar-refractivity contribution in [3.63, 3.8) is 0 Å². The van der Waals surface area contributed by atoms with Crippen LogP contribution in [-0.2, 0) is 9.53 Å².